The molecule has 1 heterocycles. The molecule has 0 aliphatic carbocycles. The standard InChI is InChI=1S/C21H19Cl2N3O4S/c1-12-17(21(28)26(2)11-13-8-9-15(22)16(23)10-13)25-18(20(24)27)19(12)31(29,30)14-6-4-3-5-7-14/h3-10,25H,11H2,1-2H3,(H2,24,27). The monoisotopic (exact) mass is 479 g/mol. The maximum Gasteiger partial charge on any atom is 0.270 e. The summed E-state index contributed by atoms with van der Waals surface area (Å²) >= 11 is 11.9. The third kappa shape index (κ3) is 4.46. The van der Waals surface area contributed by atoms with Gasteiger partial charge in [-0.25, -0.2) is 8.42 Å². The van der Waals surface area contributed by atoms with E-state index in [4.69, 9.17) is 28.9 Å². The second-order valence-electron chi connectivity index (χ2n) is 6.92. The molecule has 0 unspecified atom stereocenters. The van der Waals surface area contributed by atoms with Crippen LogP contribution in [0, 0.1) is 6.92 Å². The molecule has 0 radical (unpaired) electrons. The van der Waals surface area contributed by atoms with Crippen molar-refractivity contribution >= 4 is 44.9 Å². The second-order valence-corrected chi connectivity index (χ2v) is 9.62. The van der Waals surface area contributed by atoms with Gasteiger partial charge in [0, 0.05) is 13.6 Å². The molecule has 3 aromatic rings. The lowest BCUT2D eigenvalue weighted by Gasteiger charge is -2.17. The van der Waals surface area contributed by atoms with Crippen molar-refractivity contribution in [3.8, 4) is 0 Å². The molecule has 0 fully saturated rings. The molecular weight excluding hydrogens is 461 g/mol. The molecule has 1 aromatic heterocycles. The Hall–Kier alpha value is -2.81. The van der Waals surface area contributed by atoms with Crippen LogP contribution in [0.2, 0.25) is 10.0 Å². The number of sulfone groups is 1. The summed E-state index contributed by atoms with van der Waals surface area (Å²) in [5.74, 6) is -1.50. The zero-order chi connectivity index (χ0) is 22.9. The van der Waals surface area contributed by atoms with Crippen molar-refractivity contribution in [3.05, 3.63) is 81.1 Å². The van der Waals surface area contributed by atoms with Crippen LogP contribution in [0.3, 0.4) is 0 Å². The molecule has 0 saturated heterocycles. The number of nitrogens with two attached hydrogens (primary N) is 1. The summed E-state index contributed by atoms with van der Waals surface area (Å²) in [6.07, 6.45) is 0. The number of aromatic amines is 1. The number of aromatic nitrogens is 1. The SMILES string of the molecule is Cc1c(C(=O)N(C)Cc2ccc(Cl)c(Cl)c2)[nH]c(C(N)=O)c1S(=O)(=O)c1ccccc1. The number of carbonyl (C=O) groups excluding carboxylic acids is 2. The zero-order valence-corrected chi connectivity index (χ0v) is 19.0. The largest absolute Gasteiger partial charge is 0.364 e. The van der Waals surface area contributed by atoms with Crippen LogP contribution in [0.15, 0.2) is 58.3 Å². The topological polar surface area (TPSA) is 113 Å². The molecule has 0 bridgehead atoms. The van der Waals surface area contributed by atoms with E-state index in [2.05, 4.69) is 4.98 Å². The molecule has 2 aromatic carbocycles. The van der Waals surface area contributed by atoms with Gasteiger partial charge in [0.15, 0.2) is 0 Å². The maximum atomic E-state index is 13.2. The Kier molecular flexibility index (Phi) is 6.45. The Morgan fingerprint density at radius 1 is 1.03 bits per heavy atom. The molecule has 0 aliphatic rings. The van der Waals surface area contributed by atoms with Gasteiger partial charge in [0.05, 0.1) is 14.9 Å². The molecule has 162 valence electrons. The van der Waals surface area contributed by atoms with Gasteiger partial charge in [-0.2, -0.15) is 0 Å². The molecule has 0 saturated carbocycles. The number of carbonyl (C=O) groups is 2. The Morgan fingerprint density at radius 3 is 2.26 bits per heavy atom. The highest BCUT2D eigenvalue weighted by Gasteiger charge is 2.32. The molecule has 0 aliphatic heterocycles. The first-order chi connectivity index (χ1) is 14.5. The Morgan fingerprint density at radius 2 is 1.68 bits per heavy atom. The van der Waals surface area contributed by atoms with E-state index in [1.807, 2.05) is 0 Å². The molecule has 2 amide bonds. The lowest BCUT2D eigenvalue weighted by molar-refractivity contribution is 0.0779. The van der Waals surface area contributed by atoms with Gasteiger partial charge in [0.25, 0.3) is 11.8 Å². The van der Waals surface area contributed by atoms with Crippen molar-refractivity contribution < 1.29 is 18.0 Å². The summed E-state index contributed by atoms with van der Waals surface area (Å²) in [4.78, 5) is 28.7. The Balaban J connectivity index is 2.02. The predicted molar refractivity (Wildman–Crippen MR) is 118 cm³/mol. The third-order valence-electron chi connectivity index (χ3n) is 4.73. The summed E-state index contributed by atoms with van der Waals surface area (Å²) in [6.45, 7) is 1.64. The van der Waals surface area contributed by atoms with E-state index < -0.39 is 21.7 Å². The predicted octanol–water partition coefficient (Wildman–Crippen LogP) is 3.83. The molecule has 0 spiro atoms. The first-order valence-electron chi connectivity index (χ1n) is 9.06. The number of H-pyrrole nitrogens is 1. The lowest BCUT2D eigenvalue weighted by Crippen LogP contribution is -2.27. The third-order valence-corrected chi connectivity index (χ3v) is 7.41. The van der Waals surface area contributed by atoms with Gasteiger partial charge in [-0.1, -0.05) is 47.5 Å². The van der Waals surface area contributed by atoms with Crippen LogP contribution in [0.5, 0.6) is 0 Å². The fraction of sp³-hybridized carbons (Fsp3) is 0.143. The van der Waals surface area contributed by atoms with Crippen LogP contribution in [0.25, 0.3) is 0 Å². The van der Waals surface area contributed by atoms with Crippen molar-refractivity contribution in [1.82, 2.24) is 9.88 Å². The first kappa shape index (κ1) is 22.9. The maximum absolute atomic E-state index is 13.2. The molecule has 0 atom stereocenters. The highest BCUT2D eigenvalue weighted by molar-refractivity contribution is 7.91. The van der Waals surface area contributed by atoms with E-state index in [1.54, 1.807) is 43.4 Å². The first-order valence-corrected chi connectivity index (χ1v) is 11.3. The summed E-state index contributed by atoms with van der Waals surface area (Å²) in [7, 11) is -2.55. The minimum Gasteiger partial charge on any atom is -0.364 e. The molecule has 7 nitrogen and oxygen atoms in total. The molecule has 10 heteroatoms. The van der Waals surface area contributed by atoms with Gasteiger partial charge >= 0.3 is 0 Å². The number of halogens is 2. The average Bonchev–Trinajstić information content (AvgIpc) is 3.09. The average molecular weight is 480 g/mol. The van der Waals surface area contributed by atoms with Crippen molar-refractivity contribution in [1.29, 1.82) is 0 Å². The van der Waals surface area contributed by atoms with Crippen LogP contribution >= 0.6 is 23.2 Å². The highest BCUT2D eigenvalue weighted by Crippen LogP contribution is 2.30. The van der Waals surface area contributed by atoms with Crippen LogP contribution in [-0.4, -0.2) is 37.2 Å². The van der Waals surface area contributed by atoms with Crippen molar-refractivity contribution in [2.45, 2.75) is 23.3 Å². The number of hydrogen-bond acceptors (Lipinski definition) is 4. The number of nitrogens with zero attached hydrogens (tertiary/aromatic N) is 1. The molecule has 31 heavy (non-hydrogen) atoms. The number of amides is 2. The van der Waals surface area contributed by atoms with Crippen LogP contribution in [-0.2, 0) is 16.4 Å². The summed E-state index contributed by atoms with van der Waals surface area (Å²) < 4.78 is 26.3. The Labute approximate surface area is 189 Å². The molecule has 3 rings (SSSR count). The highest BCUT2D eigenvalue weighted by atomic mass is 35.5. The molecule has 3 N–H and O–H groups in total. The van der Waals surface area contributed by atoms with Gasteiger partial charge in [-0.15, -0.1) is 0 Å². The van der Waals surface area contributed by atoms with Crippen molar-refractivity contribution in [3.63, 3.8) is 0 Å². The van der Waals surface area contributed by atoms with E-state index in [9.17, 15) is 18.0 Å². The van der Waals surface area contributed by atoms with Gasteiger partial charge in [0.2, 0.25) is 9.84 Å². The number of primary amides is 1. The van der Waals surface area contributed by atoms with E-state index in [0.717, 1.165) is 5.56 Å². The Bertz CT molecular complexity index is 1270. The van der Waals surface area contributed by atoms with E-state index in [1.165, 1.54) is 24.0 Å². The second kappa shape index (κ2) is 8.74. The number of hydrogen-bond donors (Lipinski definition) is 2. The zero-order valence-electron chi connectivity index (χ0n) is 16.6. The van der Waals surface area contributed by atoms with Crippen LogP contribution < -0.4 is 5.73 Å². The number of nitrogens with one attached hydrogen (secondary N) is 1. The van der Waals surface area contributed by atoms with E-state index >= 15 is 0 Å². The summed E-state index contributed by atoms with van der Waals surface area (Å²) in [5.41, 5.74) is 5.88. The normalized spacial score (nSPS) is 11.4. The van der Waals surface area contributed by atoms with Gasteiger partial charge in [-0.05, 0) is 42.3 Å². The van der Waals surface area contributed by atoms with Gasteiger partial charge in [-0.3, -0.25) is 9.59 Å². The van der Waals surface area contributed by atoms with Crippen molar-refractivity contribution in [2.24, 2.45) is 5.73 Å². The van der Waals surface area contributed by atoms with Crippen LogP contribution in [0.1, 0.15) is 32.1 Å². The minimum absolute atomic E-state index is 0.0113. The molecular formula is C21H19Cl2N3O4S. The number of benzene rings is 2. The summed E-state index contributed by atoms with van der Waals surface area (Å²) in [6, 6.07) is 12.6. The van der Waals surface area contributed by atoms with Crippen LogP contribution in [0.4, 0.5) is 0 Å². The van der Waals surface area contributed by atoms with Crippen molar-refractivity contribution in [2.75, 3.05) is 7.05 Å². The van der Waals surface area contributed by atoms with Gasteiger partial charge in [0.1, 0.15) is 16.3 Å². The van der Waals surface area contributed by atoms with Gasteiger partial charge < -0.3 is 15.6 Å². The smallest absolute Gasteiger partial charge is 0.270 e. The quantitative estimate of drug-likeness (QED) is 0.558. The fourth-order valence-electron chi connectivity index (χ4n) is 3.19. The van der Waals surface area contributed by atoms with E-state index in [0.29, 0.717) is 10.0 Å². The van der Waals surface area contributed by atoms with E-state index in [-0.39, 0.29) is 33.3 Å². The fourth-order valence-corrected chi connectivity index (χ4v) is 5.19. The lowest BCUT2D eigenvalue weighted by atomic mass is 10.2. The number of rotatable bonds is 6. The summed E-state index contributed by atoms with van der Waals surface area (Å²) in [5, 5.41) is 0.741. The minimum atomic E-state index is -4.09.